The highest BCUT2D eigenvalue weighted by molar-refractivity contribution is 9.10. The van der Waals surface area contributed by atoms with Gasteiger partial charge in [-0.2, -0.15) is 0 Å². The standard InChI is InChI=1S/C9H9BrN2O/c1-12(2)6-3-4-7-8(5-6)13-9(10)11-7/h3-5H,1-2H3. The molecule has 0 saturated heterocycles. The van der Waals surface area contributed by atoms with Gasteiger partial charge in [-0.1, -0.05) is 0 Å². The molecule has 68 valence electrons. The molecule has 13 heavy (non-hydrogen) atoms. The summed E-state index contributed by atoms with van der Waals surface area (Å²) in [5, 5.41) is 0. The Balaban J connectivity index is 2.61. The van der Waals surface area contributed by atoms with Gasteiger partial charge in [-0.25, -0.2) is 4.98 Å². The van der Waals surface area contributed by atoms with Gasteiger partial charge in [0.1, 0.15) is 5.52 Å². The summed E-state index contributed by atoms with van der Waals surface area (Å²) in [6, 6.07) is 5.92. The molecule has 0 radical (unpaired) electrons. The lowest BCUT2D eigenvalue weighted by atomic mass is 10.3. The van der Waals surface area contributed by atoms with E-state index in [0.717, 1.165) is 16.8 Å². The lowest BCUT2D eigenvalue weighted by Crippen LogP contribution is -2.07. The third-order valence-electron chi connectivity index (χ3n) is 1.86. The van der Waals surface area contributed by atoms with Crippen LogP contribution in [0.15, 0.2) is 27.4 Å². The molecule has 0 amide bonds. The first-order valence-electron chi connectivity index (χ1n) is 3.90. The number of hydrogen-bond donors (Lipinski definition) is 0. The lowest BCUT2D eigenvalue weighted by Gasteiger charge is -2.10. The van der Waals surface area contributed by atoms with Crippen LogP contribution in [0, 0.1) is 0 Å². The minimum absolute atomic E-state index is 0.526. The molecule has 0 saturated carbocycles. The van der Waals surface area contributed by atoms with Crippen molar-refractivity contribution in [3.63, 3.8) is 0 Å². The van der Waals surface area contributed by atoms with Gasteiger partial charge in [-0.15, -0.1) is 0 Å². The van der Waals surface area contributed by atoms with Gasteiger partial charge in [-0.05, 0) is 12.1 Å². The van der Waals surface area contributed by atoms with E-state index in [1.54, 1.807) is 0 Å². The Morgan fingerprint density at radius 3 is 2.85 bits per heavy atom. The van der Waals surface area contributed by atoms with E-state index in [1.807, 2.05) is 37.2 Å². The maximum atomic E-state index is 5.34. The van der Waals surface area contributed by atoms with E-state index < -0.39 is 0 Å². The molecule has 0 unspecified atom stereocenters. The van der Waals surface area contributed by atoms with E-state index in [0.29, 0.717) is 4.80 Å². The molecule has 0 aliphatic heterocycles. The van der Waals surface area contributed by atoms with Crippen LogP contribution in [0.25, 0.3) is 11.1 Å². The fraction of sp³-hybridized carbons (Fsp3) is 0.222. The molecule has 0 aliphatic rings. The second-order valence-corrected chi connectivity index (χ2v) is 3.69. The van der Waals surface area contributed by atoms with Gasteiger partial charge >= 0.3 is 0 Å². The first-order chi connectivity index (χ1) is 6.16. The number of fused-ring (bicyclic) bond motifs is 1. The molecule has 0 bridgehead atoms. The lowest BCUT2D eigenvalue weighted by molar-refractivity contribution is 0.570. The van der Waals surface area contributed by atoms with E-state index >= 15 is 0 Å². The minimum Gasteiger partial charge on any atom is -0.431 e. The Hall–Kier alpha value is -1.03. The smallest absolute Gasteiger partial charge is 0.265 e. The maximum Gasteiger partial charge on any atom is 0.265 e. The van der Waals surface area contributed by atoms with Gasteiger partial charge in [0.2, 0.25) is 0 Å². The van der Waals surface area contributed by atoms with E-state index in [4.69, 9.17) is 4.42 Å². The predicted octanol–water partition coefficient (Wildman–Crippen LogP) is 2.66. The van der Waals surface area contributed by atoms with Crippen molar-refractivity contribution in [3.05, 3.63) is 23.0 Å². The molecular weight excluding hydrogens is 232 g/mol. The largest absolute Gasteiger partial charge is 0.431 e. The second kappa shape index (κ2) is 3.03. The van der Waals surface area contributed by atoms with Crippen molar-refractivity contribution in [2.75, 3.05) is 19.0 Å². The summed E-state index contributed by atoms with van der Waals surface area (Å²) >= 11 is 3.19. The summed E-state index contributed by atoms with van der Waals surface area (Å²) in [7, 11) is 3.99. The predicted molar refractivity (Wildman–Crippen MR) is 56.0 cm³/mol. The van der Waals surface area contributed by atoms with Crippen molar-refractivity contribution in [1.29, 1.82) is 0 Å². The molecule has 3 nitrogen and oxygen atoms in total. The summed E-state index contributed by atoms with van der Waals surface area (Å²) in [5.41, 5.74) is 2.78. The zero-order valence-electron chi connectivity index (χ0n) is 7.41. The number of benzene rings is 1. The van der Waals surface area contributed by atoms with Crippen molar-refractivity contribution < 1.29 is 4.42 Å². The highest BCUT2D eigenvalue weighted by Crippen LogP contribution is 2.23. The fourth-order valence-corrected chi connectivity index (χ4v) is 1.53. The van der Waals surface area contributed by atoms with E-state index in [2.05, 4.69) is 20.9 Å². The van der Waals surface area contributed by atoms with Crippen LogP contribution >= 0.6 is 15.9 Å². The Kier molecular flexibility index (Phi) is 2.00. The Morgan fingerprint density at radius 2 is 2.15 bits per heavy atom. The first kappa shape index (κ1) is 8.56. The topological polar surface area (TPSA) is 29.3 Å². The minimum atomic E-state index is 0.526. The van der Waals surface area contributed by atoms with Gasteiger partial charge in [0.25, 0.3) is 4.80 Å². The maximum absolute atomic E-state index is 5.34. The Bertz CT molecular complexity index is 436. The number of hydrogen-bond acceptors (Lipinski definition) is 3. The number of nitrogens with zero attached hydrogens (tertiary/aromatic N) is 2. The molecule has 4 heteroatoms. The molecule has 1 aromatic carbocycles. The zero-order valence-corrected chi connectivity index (χ0v) is 9.00. The normalized spacial score (nSPS) is 10.7. The quantitative estimate of drug-likeness (QED) is 0.768. The SMILES string of the molecule is CN(C)c1ccc2nc(Br)oc2c1. The van der Waals surface area contributed by atoms with E-state index in [-0.39, 0.29) is 0 Å². The van der Waals surface area contributed by atoms with Gasteiger partial charge in [0, 0.05) is 41.8 Å². The van der Waals surface area contributed by atoms with Crippen molar-refractivity contribution >= 4 is 32.7 Å². The fourth-order valence-electron chi connectivity index (χ4n) is 1.16. The van der Waals surface area contributed by atoms with Crippen molar-refractivity contribution in [2.45, 2.75) is 0 Å². The summed E-state index contributed by atoms with van der Waals surface area (Å²) in [5.74, 6) is 0. The summed E-state index contributed by atoms with van der Waals surface area (Å²) < 4.78 is 5.34. The van der Waals surface area contributed by atoms with Crippen LogP contribution in [-0.4, -0.2) is 19.1 Å². The third kappa shape index (κ3) is 1.54. The summed E-state index contributed by atoms with van der Waals surface area (Å²) in [4.78, 5) is 6.70. The average molecular weight is 241 g/mol. The molecule has 0 spiro atoms. The molecule has 2 aromatic rings. The van der Waals surface area contributed by atoms with Crippen molar-refractivity contribution in [2.24, 2.45) is 0 Å². The van der Waals surface area contributed by atoms with Gasteiger partial charge in [0.05, 0.1) is 0 Å². The van der Waals surface area contributed by atoms with Crippen LogP contribution in [-0.2, 0) is 0 Å². The molecule has 1 aromatic heterocycles. The van der Waals surface area contributed by atoms with Gasteiger partial charge in [-0.3, -0.25) is 0 Å². The van der Waals surface area contributed by atoms with Crippen LogP contribution in [0.2, 0.25) is 0 Å². The molecule has 1 heterocycles. The van der Waals surface area contributed by atoms with E-state index in [9.17, 15) is 0 Å². The zero-order chi connectivity index (χ0) is 9.42. The van der Waals surface area contributed by atoms with Crippen molar-refractivity contribution in [3.8, 4) is 0 Å². The van der Waals surface area contributed by atoms with Gasteiger partial charge in [0.15, 0.2) is 5.58 Å². The van der Waals surface area contributed by atoms with Crippen LogP contribution < -0.4 is 4.90 Å². The number of aromatic nitrogens is 1. The Labute approximate surface area is 84.5 Å². The third-order valence-corrected chi connectivity index (χ3v) is 2.20. The average Bonchev–Trinajstić information content (AvgIpc) is 2.42. The van der Waals surface area contributed by atoms with Gasteiger partial charge < -0.3 is 9.32 Å². The summed E-state index contributed by atoms with van der Waals surface area (Å²) in [6.07, 6.45) is 0. The molecule has 0 N–H and O–H groups in total. The Morgan fingerprint density at radius 1 is 1.38 bits per heavy atom. The molecular formula is C9H9BrN2O. The molecule has 0 fully saturated rings. The van der Waals surface area contributed by atoms with E-state index in [1.165, 1.54) is 0 Å². The molecule has 2 rings (SSSR count). The van der Waals surface area contributed by atoms with Crippen LogP contribution in [0.1, 0.15) is 0 Å². The first-order valence-corrected chi connectivity index (χ1v) is 4.69. The second-order valence-electron chi connectivity index (χ2n) is 3.01. The summed E-state index contributed by atoms with van der Waals surface area (Å²) in [6.45, 7) is 0. The molecule has 0 aliphatic carbocycles. The van der Waals surface area contributed by atoms with Crippen LogP contribution in [0.4, 0.5) is 5.69 Å². The molecule has 0 atom stereocenters. The highest BCUT2D eigenvalue weighted by Gasteiger charge is 2.04. The van der Waals surface area contributed by atoms with Crippen LogP contribution in [0.3, 0.4) is 0 Å². The monoisotopic (exact) mass is 240 g/mol. The van der Waals surface area contributed by atoms with Crippen molar-refractivity contribution in [1.82, 2.24) is 4.98 Å². The number of rotatable bonds is 1. The number of anilines is 1. The van der Waals surface area contributed by atoms with Crippen LogP contribution in [0.5, 0.6) is 0 Å². The number of halogens is 1. The highest BCUT2D eigenvalue weighted by atomic mass is 79.9. The number of oxazole rings is 1.